The maximum absolute atomic E-state index is 11.8. The minimum Gasteiger partial charge on any atom is -0.480 e. The quantitative estimate of drug-likeness (QED) is 0.655. The van der Waals surface area contributed by atoms with Gasteiger partial charge in [0.1, 0.15) is 6.04 Å². The summed E-state index contributed by atoms with van der Waals surface area (Å²) < 4.78 is 4.98. The van der Waals surface area contributed by atoms with Crippen molar-refractivity contribution in [1.29, 1.82) is 0 Å². The van der Waals surface area contributed by atoms with Crippen molar-refractivity contribution in [3.05, 3.63) is 0 Å². The number of carbonyl (C=O) groups is 2. The highest BCUT2D eigenvalue weighted by Gasteiger charge is 2.61. The molecule has 0 aromatic heterocycles. The van der Waals surface area contributed by atoms with Crippen LogP contribution in [0.5, 0.6) is 0 Å². The van der Waals surface area contributed by atoms with Crippen LogP contribution in [0.15, 0.2) is 0 Å². The van der Waals surface area contributed by atoms with Crippen molar-refractivity contribution >= 4 is 23.6 Å². The second-order valence-electron chi connectivity index (χ2n) is 4.32. The summed E-state index contributed by atoms with van der Waals surface area (Å²) in [5, 5.41) is 18.1. The van der Waals surface area contributed by atoms with E-state index in [0.717, 1.165) is 0 Å². The number of methoxy groups -OCH3 is 1. The molecule has 2 rings (SSSR count). The Labute approximate surface area is 103 Å². The highest BCUT2D eigenvalue weighted by molar-refractivity contribution is 8.01. The fourth-order valence-corrected chi connectivity index (χ4v) is 4.25. The number of hydrogen-bond acceptors (Lipinski definition) is 5. The van der Waals surface area contributed by atoms with Crippen molar-refractivity contribution in [3.8, 4) is 0 Å². The van der Waals surface area contributed by atoms with Gasteiger partial charge in [-0.05, 0) is 6.92 Å². The van der Waals surface area contributed by atoms with E-state index in [1.807, 2.05) is 0 Å². The minimum atomic E-state index is -1.01. The van der Waals surface area contributed by atoms with E-state index < -0.39 is 24.0 Å². The monoisotopic (exact) mass is 261 g/mol. The van der Waals surface area contributed by atoms with Crippen LogP contribution < -0.4 is 0 Å². The van der Waals surface area contributed by atoms with Crippen LogP contribution in [0.2, 0.25) is 0 Å². The van der Waals surface area contributed by atoms with Gasteiger partial charge >= 0.3 is 5.97 Å². The van der Waals surface area contributed by atoms with Gasteiger partial charge in [-0.1, -0.05) is 0 Å². The summed E-state index contributed by atoms with van der Waals surface area (Å²) in [6.07, 6.45) is -0.744. The second kappa shape index (κ2) is 4.47. The van der Waals surface area contributed by atoms with Crippen LogP contribution in [-0.4, -0.2) is 63.5 Å². The average molecular weight is 261 g/mol. The normalized spacial score (nSPS) is 37.6. The third kappa shape index (κ3) is 1.82. The van der Waals surface area contributed by atoms with Gasteiger partial charge in [-0.15, -0.1) is 11.8 Å². The van der Waals surface area contributed by atoms with Gasteiger partial charge in [-0.3, -0.25) is 4.79 Å². The van der Waals surface area contributed by atoms with Crippen LogP contribution in [-0.2, 0) is 14.3 Å². The number of nitrogens with zero attached hydrogens (tertiary/aromatic N) is 1. The average Bonchev–Trinajstić information content (AvgIpc) is 2.53. The van der Waals surface area contributed by atoms with Crippen molar-refractivity contribution in [3.63, 3.8) is 0 Å². The number of carbonyl (C=O) groups excluding carboxylic acids is 1. The van der Waals surface area contributed by atoms with E-state index in [0.29, 0.717) is 0 Å². The van der Waals surface area contributed by atoms with Crippen LogP contribution in [0.1, 0.15) is 6.92 Å². The molecule has 17 heavy (non-hydrogen) atoms. The summed E-state index contributed by atoms with van der Waals surface area (Å²) >= 11 is 1.40. The van der Waals surface area contributed by atoms with Gasteiger partial charge in [0.25, 0.3) is 0 Å². The van der Waals surface area contributed by atoms with E-state index >= 15 is 0 Å². The Morgan fingerprint density at radius 2 is 2.29 bits per heavy atom. The number of carboxylic acid groups (broad SMARTS) is 1. The summed E-state index contributed by atoms with van der Waals surface area (Å²) in [5.41, 5.74) is 0. The largest absolute Gasteiger partial charge is 0.480 e. The first-order valence-electron chi connectivity index (χ1n) is 5.36. The lowest BCUT2D eigenvalue weighted by Crippen LogP contribution is -2.64. The van der Waals surface area contributed by atoms with E-state index in [9.17, 15) is 14.7 Å². The van der Waals surface area contributed by atoms with Crippen molar-refractivity contribution < 1.29 is 24.5 Å². The van der Waals surface area contributed by atoms with Crippen LogP contribution in [0, 0.1) is 5.92 Å². The third-order valence-electron chi connectivity index (χ3n) is 3.19. The van der Waals surface area contributed by atoms with Gasteiger partial charge < -0.3 is 19.8 Å². The molecule has 7 heteroatoms. The van der Waals surface area contributed by atoms with Gasteiger partial charge in [0, 0.05) is 7.11 Å². The van der Waals surface area contributed by atoms with Gasteiger partial charge in [0.2, 0.25) is 5.91 Å². The molecule has 2 heterocycles. The van der Waals surface area contributed by atoms with Crippen LogP contribution in [0.4, 0.5) is 0 Å². The number of rotatable bonds is 4. The third-order valence-corrected chi connectivity index (χ3v) is 4.73. The molecular weight excluding hydrogens is 246 g/mol. The van der Waals surface area contributed by atoms with Gasteiger partial charge in [-0.25, -0.2) is 4.79 Å². The lowest BCUT2D eigenvalue weighted by Gasteiger charge is -2.44. The Morgan fingerprint density at radius 3 is 2.76 bits per heavy atom. The van der Waals surface area contributed by atoms with Crippen molar-refractivity contribution in [2.24, 2.45) is 5.92 Å². The van der Waals surface area contributed by atoms with Crippen LogP contribution >= 0.6 is 11.8 Å². The molecule has 0 aromatic carbocycles. The first-order chi connectivity index (χ1) is 7.99. The molecule has 0 saturated carbocycles. The Bertz CT molecular complexity index is 348. The standard InChI is InChI=1S/C10H15NO5S/c1-4(12)6-8(13)11-7(10(14)15)5(3-16-2)17-9(6)11/h4-7,9,12H,3H2,1-2H3,(H,14,15). The molecule has 0 aromatic rings. The first kappa shape index (κ1) is 12.7. The van der Waals surface area contributed by atoms with Crippen molar-refractivity contribution in [1.82, 2.24) is 4.90 Å². The van der Waals surface area contributed by atoms with Crippen molar-refractivity contribution in [2.75, 3.05) is 13.7 Å². The predicted octanol–water partition coefficient (Wildman–Crippen LogP) is -0.633. The number of ether oxygens (including phenoxy) is 1. The highest BCUT2D eigenvalue weighted by atomic mass is 32.2. The molecule has 96 valence electrons. The molecule has 0 bridgehead atoms. The maximum Gasteiger partial charge on any atom is 0.327 e. The van der Waals surface area contributed by atoms with Gasteiger partial charge in [0.15, 0.2) is 0 Å². The SMILES string of the molecule is COCC1SC2C(C(C)O)C(=O)N2C1C(=O)O. The molecular formula is C10H15NO5S. The Hall–Kier alpha value is -0.790. The zero-order valence-corrected chi connectivity index (χ0v) is 10.4. The number of aliphatic carboxylic acids is 1. The van der Waals surface area contributed by atoms with E-state index in [1.54, 1.807) is 6.92 Å². The lowest BCUT2D eigenvalue weighted by molar-refractivity contribution is -0.167. The second-order valence-corrected chi connectivity index (χ2v) is 5.68. The molecule has 0 radical (unpaired) electrons. The number of hydrogen-bond donors (Lipinski definition) is 2. The lowest BCUT2D eigenvalue weighted by atomic mass is 9.90. The molecule has 2 fully saturated rings. The van der Waals surface area contributed by atoms with E-state index in [1.165, 1.54) is 23.8 Å². The molecule has 0 spiro atoms. The fraction of sp³-hybridized carbons (Fsp3) is 0.800. The highest BCUT2D eigenvalue weighted by Crippen LogP contribution is 2.48. The molecule has 2 aliphatic rings. The topological polar surface area (TPSA) is 87.1 Å². The maximum atomic E-state index is 11.8. The molecule has 5 atom stereocenters. The molecule has 2 N–H and O–H groups in total. The Balaban J connectivity index is 2.18. The van der Waals surface area contributed by atoms with Crippen LogP contribution in [0.25, 0.3) is 0 Å². The predicted molar refractivity (Wildman–Crippen MR) is 60.5 cm³/mol. The van der Waals surface area contributed by atoms with Gasteiger partial charge in [-0.2, -0.15) is 0 Å². The van der Waals surface area contributed by atoms with Crippen LogP contribution in [0.3, 0.4) is 0 Å². The first-order valence-corrected chi connectivity index (χ1v) is 6.30. The molecule has 1 amide bonds. The molecule has 5 unspecified atom stereocenters. The van der Waals surface area contributed by atoms with Gasteiger partial charge in [0.05, 0.1) is 29.3 Å². The minimum absolute atomic E-state index is 0.233. The molecule has 2 aliphatic heterocycles. The number of carboxylic acids is 1. The molecule has 2 saturated heterocycles. The summed E-state index contributed by atoms with van der Waals surface area (Å²) in [6.45, 7) is 1.84. The Morgan fingerprint density at radius 1 is 1.65 bits per heavy atom. The number of amides is 1. The van der Waals surface area contributed by atoms with E-state index in [2.05, 4.69) is 0 Å². The Kier molecular flexibility index (Phi) is 3.33. The van der Waals surface area contributed by atoms with E-state index in [4.69, 9.17) is 9.84 Å². The summed E-state index contributed by atoms with van der Waals surface area (Å²) in [4.78, 5) is 24.3. The van der Waals surface area contributed by atoms with E-state index in [-0.39, 0.29) is 23.1 Å². The summed E-state index contributed by atoms with van der Waals surface area (Å²) in [5.74, 6) is -1.77. The number of thioether (sulfide) groups is 1. The zero-order chi connectivity index (χ0) is 12.7. The smallest absolute Gasteiger partial charge is 0.327 e. The number of aliphatic hydroxyl groups is 1. The fourth-order valence-electron chi connectivity index (χ4n) is 2.41. The van der Waals surface area contributed by atoms with Crippen molar-refractivity contribution in [2.45, 2.75) is 29.7 Å². The number of aliphatic hydroxyl groups excluding tert-OH is 1. The zero-order valence-electron chi connectivity index (χ0n) is 9.57. The number of fused-ring (bicyclic) bond motifs is 1. The summed E-state index contributed by atoms with van der Waals surface area (Å²) in [6, 6.07) is -0.840. The summed E-state index contributed by atoms with van der Waals surface area (Å²) in [7, 11) is 1.50. The molecule has 0 aliphatic carbocycles. The molecule has 6 nitrogen and oxygen atoms in total. The number of β-lactam (4-membered cyclic amide) rings is 1.